The van der Waals surface area contributed by atoms with Gasteiger partial charge in [0.15, 0.2) is 0 Å². The minimum absolute atomic E-state index is 0.0348. The Hall–Kier alpha value is -3.74. The lowest BCUT2D eigenvalue weighted by Gasteiger charge is -2.60. The van der Waals surface area contributed by atoms with E-state index in [2.05, 4.69) is 38.6 Å². The molecule has 2 aromatic rings. The standard InChI is InChI=1S/C45H62N2O9/c1-5-23-53-45-41(47(19-24-52-25-22-50)44(51)32-14-15-32)29-39(46-54-6-2)37-27-33(11-7-9-20-48)36(12-8-10-21-49)42(43(37)45)38-28-35(17-18-40(38)56-45)55-34-16-13-30(3)31(4)26-34/h5,13,16-18,26-28,32-33,36,41-43,48-50H,1,6-12,14-15,19-25,29H2,2-4H3. The Bertz CT molecular complexity index is 1710. The van der Waals surface area contributed by atoms with Crippen molar-refractivity contribution in [1.29, 1.82) is 0 Å². The summed E-state index contributed by atoms with van der Waals surface area (Å²) in [6, 6.07) is 11.5. The average Bonchev–Trinajstić information content (AvgIpc) is 4.05. The number of carbonyl (C=O) groups is 1. The second-order valence-corrected chi connectivity index (χ2v) is 15.7. The van der Waals surface area contributed by atoms with Gasteiger partial charge in [-0.15, -0.1) is 6.58 Å². The van der Waals surface area contributed by atoms with Crippen LogP contribution in [0.4, 0.5) is 0 Å². The van der Waals surface area contributed by atoms with Gasteiger partial charge < -0.3 is 44.0 Å². The van der Waals surface area contributed by atoms with Gasteiger partial charge in [-0.1, -0.05) is 36.2 Å². The Labute approximate surface area is 332 Å². The molecule has 1 amide bonds. The number of hydrogen-bond acceptors (Lipinski definition) is 10. The molecule has 2 aromatic carbocycles. The number of nitrogens with zero attached hydrogens (tertiary/aromatic N) is 2. The fourth-order valence-electron chi connectivity index (χ4n) is 9.08. The van der Waals surface area contributed by atoms with Gasteiger partial charge in [0.2, 0.25) is 11.7 Å². The molecule has 3 aliphatic carbocycles. The Balaban J connectivity index is 1.56. The van der Waals surface area contributed by atoms with Gasteiger partial charge in [0.05, 0.1) is 38.1 Å². The first-order chi connectivity index (χ1) is 27.3. The summed E-state index contributed by atoms with van der Waals surface area (Å²) in [4.78, 5) is 22.2. The number of fused-ring (bicyclic) bond motifs is 2. The lowest BCUT2D eigenvalue weighted by Crippen LogP contribution is -2.70. The van der Waals surface area contributed by atoms with Crippen LogP contribution < -0.4 is 9.47 Å². The third-order valence-corrected chi connectivity index (χ3v) is 12.0. The number of aliphatic hydroxyl groups excluding tert-OH is 3. The minimum Gasteiger partial charge on any atom is -0.459 e. The van der Waals surface area contributed by atoms with Crippen LogP contribution in [0.15, 0.2) is 65.9 Å². The Morgan fingerprint density at radius 1 is 0.982 bits per heavy atom. The van der Waals surface area contributed by atoms with Crippen molar-refractivity contribution in [3.63, 3.8) is 0 Å². The Morgan fingerprint density at radius 2 is 1.73 bits per heavy atom. The minimum atomic E-state index is -1.33. The van der Waals surface area contributed by atoms with Crippen molar-refractivity contribution in [2.45, 2.75) is 96.3 Å². The van der Waals surface area contributed by atoms with Gasteiger partial charge in [0.1, 0.15) is 29.9 Å². The van der Waals surface area contributed by atoms with Crippen molar-refractivity contribution in [3.8, 4) is 17.2 Å². The molecule has 0 saturated heterocycles. The molecule has 2 saturated carbocycles. The number of hydrogen-bond donors (Lipinski definition) is 3. The van der Waals surface area contributed by atoms with Crippen LogP contribution >= 0.6 is 0 Å². The Kier molecular flexibility index (Phi) is 14.7. The summed E-state index contributed by atoms with van der Waals surface area (Å²) in [5, 5.41) is 34.0. The summed E-state index contributed by atoms with van der Waals surface area (Å²) in [6.45, 7) is 11.5. The molecule has 0 aromatic heterocycles. The van der Waals surface area contributed by atoms with Crippen molar-refractivity contribution >= 4 is 11.6 Å². The number of carbonyl (C=O) groups excluding carboxylic acids is 1. The molecule has 2 fully saturated rings. The van der Waals surface area contributed by atoms with Crippen LogP contribution in [0.25, 0.3) is 0 Å². The monoisotopic (exact) mass is 774 g/mol. The van der Waals surface area contributed by atoms with E-state index in [0.29, 0.717) is 43.9 Å². The van der Waals surface area contributed by atoms with E-state index in [9.17, 15) is 20.1 Å². The number of oxime groups is 1. The van der Waals surface area contributed by atoms with E-state index >= 15 is 0 Å². The van der Waals surface area contributed by atoms with Gasteiger partial charge in [0.25, 0.3) is 0 Å². The molecule has 1 heterocycles. The average molecular weight is 775 g/mol. The maximum Gasteiger partial charge on any atom is 0.239 e. The van der Waals surface area contributed by atoms with Gasteiger partial charge in [-0.3, -0.25) is 4.79 Å². The molecule has 6 atom stereocenters. The summed E-state index contributed by atoms with van der Waals surface area (Å²) < 4.78 is 26.7. The first-order valence-corrected chi connectivity index (χ1v) is 20.7. The van der Waals surface area contributed by atoms with E-state index in [0.717, 1.165) is 66.7 Å². The van der Waals surface area contributed by atoms with Crippen molar-refractivity contribution in [2.75, 3.05) is 52.8 Å². The third-order valence-electron chi connectivity index (χ3n) is 12.0. The lowest BCUT2D eigenvalue weighted by molar-refractivity contribution is -0.258. The summed E-state index contributed by atoms with van der Waals surface area (Å²) in [6.07, 6.45) is 10.9. The fourth-order valence-corrected chi connectivity index (χ4v) is 9.08. The van der Waals surface area contributed by atoms with Crippen LogP contribution in [0.1, 0.15) is 87.3 Å². The normalized spacial score (nSPS) is 25.8. The zero-order valence-corrected chi connectivity index (χ0v) is 33.5. The zero-order valence-electron chi connectivity index (χ0n) is 33.5. The van der Waals surface area contributed by atoms with Gasteiger partial charge in [-0.05, 0) is 118 Å². The molecule has 0 radical (unpaired) electrons. The SMILES string of the molecule is C=CCOC12Oc3ccc(Oc4ccc(C)c(C)c4)cc3C3C(CCCCO)C(CCCCO)C=C(C(=NOCC)CC1N(CCOCCO)C(=O)C1CC1)C32. The number of unbranched alkanes of at least 4 members (excludes halogenated alkanes) is 2. The van der Waals surface area contributed by atoms with Crippen molar-refractivity contribution < 1.29 is 43.9 Å². The molecule has 1 aliphatic heterocycles. The predicted molar refractivity (Wildman–Crippen MR) is 215 cm³/mol. The number of allylic oxidation sites excluding steroid dienone is 1. The van der Waals surface area contributed by atoms with E-state index in [1.54, 1.807) is 6.08 Å². The topological polar surface area (TPSA) is 140 Å². The number of aryl methyl sites for hydroxylation is 2. The molecular formula is C45H62N2O9. The molecule has 3 N–H and O–H groups in total. The maximum atomic E-state index is 14.4. The second-order valence-electron chi connectivity index (χ2n) is 15.7. The van der Waals surface area contributed by atoms with Crippen LogP contribution in [0.3, 0.4) is 0 Å². The molecule has 0 spiro atoms. The highest BCUT2D eigenvalue weighted by Gasteiger charge is 2.65. The number of rotatable bonds is 22. The van der Waals surface area contributed by atoms with Crippen LogP contribution in [0.5, 0.6) is 17.2 Å². The molecule has 6 unspecified atom stereocenters. The molecule has 306 valence electrons. The van der Waals surface area contributed by atoms with Crippen molar-refractivity contribution in [1.82, 2.24) is 4.90 Å². The number of ether oxygens (including phenoxy) is 4. The smallest absolute Gasteiger partial charge is 0.239 e. The van der Waals surface area contributed by atoms with Crippen molar-refractivity contribution in [3.05, 3.63) is 77.4 Å². The van der Waals surface area contributed by atoms with Crippen LogP contribution in [0.2, 0.25) is 0 Å². The van der Waals surface area contributed by atoms with E-state index in [4.69, 9.17) is 28.9 Å². The van der Waals surface area contributed by atoms with E-state index in [-0.39, 0.29) is 69.2 Å². The number of amides is 1. The predicted octanol–water partition coefficient (Wildman–Crippen LogP) is 7.00. The lowest BCUT2D eigenvalue weighted by atomic mass is 9.55. The summed E-state index contributed by atoms with van der Waals surface area (Å²) in [5.41, 5.74) is 5.11. The number of benzene rings is 2. The van der Waals surface area contributed by atoms with E-state index in [1.807, 2.05) is 36.1 Å². The molecule has 0 bridgehead atoms. The largest absolute Gasteiger partial charge is 0.459 e. The molecular weight excluding hydrogens is 712 g/mol. The quantitative estimate of drug-likeness (QED) is 0.0656. The second kappa shape index (κ2) is 19.6. The van der Waals surface area contributed by atoms with Gasteiger partial charge in [-0.2, -0.15) is 0 Å². The van der Waals surface area contributed by atoms with Gasteiger partial charge in [0, 0.05) is 43.6 Å². The first kappa shape index (κ1) is 41.9. The maximum absolute atomic E-state index is 14.4. The van der Waals surface area contributed by atoms with E-state index < -0.39 is 17.7 Å². The first-order valence-electron chi connectivity index (χ1n) is 20.7. The summed E-state index contributed by atoms with van der Waals surface area (Å²) >= 11 is 0. The fraction of sp³-hybridized carbons (Fsp3) is 0.600. The Morgan fingerprint density at radius 3 is 2.43 bits per heavy atom. The highest BCUT2D eigenvalue weighted by atomic mass is 16.7. The molecule has 11 heteroatoms. The zero-order chi connectivity index (χ0) is 39.7. The number of aliphatic hydroxyl groups is 3. The summed E-state index contributed by atoms with van der Waals surface area (Å²) in [7, 11) is 0. The third kappa shape index (κ3) is 9.18. The highest BCUT2D eigenvalue weighted by molar-refractivity contribution is 6.03. The van der Waals surface area contributed by atoms with Gasteiger partial charge in [-0.25, -0.2) is 0 Å². The van der Waals surface area contributed by atoms with Crippen molar-refractivity contribution in [2.24, 2.45) is 28.8 Å². The summed E-state index contributed by atoms with van der Waals surface area (Å²) in [5.74, 6) is 0.429. The van der Waals surface area contributed by atoms with Crippen LogP contribution in [-0.2, 0) is 19.1 Å². The molecule has 11 nitrogen and oxygen atoms in total. The molecule has 6 rings (SSSR count). The van der Waals surface area contributed by atoms with Crippen LogP contribution in [-0.4, -0.2) is 96.5 Å². The van der Waals surface area contributed by atoms with Crippen LogP contribution in [0, 0.1) is 37.5 Å². The highest BCUT2D eigenvalue weighted by Crippen LogP contribution is 2.62. The molecule has 4 aliphatic rings. The van der Waals surface area contributed by atoms with Gasteiger partial charge >= 0.3 is 0 Å². The van der Waals surface area contributed by atoms with E-state index in [1.165, 1.54) is 5.56 Å². The molecule has 56 heavy (non-hydrogen) atoms.